The molecule has 0 fully saturated rings. The minimum absolute atomic E-state index is 0.149. The summed E-state index contributed by atoms with van der Waals surface area (Å²) in [4.78, 5) is 0. The van der Waals surface area contributed by atoms with Gasteiger partial charge in [0.15, 0.2) is 5.79 Å². The Bertz CT molecular complexity index is 231. The number of rotatable bonds is 12. The first-order valence-electron chi connectivity index (χ1n) is 7.49. The second-order valence-corrected chi connectivity index (χ2v) is 6.03. The van der Waals surface area contributed by atoms with Gasteiger partial charge in [0, 0.05) is 0 Å². The molecular weight excluding hydrogens is 276 g/mol. The van der Waals surface area contributed by atoms with Crippen LogP contribution in [0.4, 0.5) is 0 Å². The van der Waals surface area contributed by atoms with Crippen LogP contribution in [0.5, 0.6) is 0 Å². The molecule has 128 valence electrons. The van der Waals surface area contributed by atoms with Crippen LogP contribution in [0, 0.1) is 0 Å². The molecule has 0 aromatic carbocycles. The van der Waals surface area contributed by atoms with Gasteiger partial charge >= 0.3 is 0 Å². The highest BCUT2D eigenvalue weighted by Gasteiger charge is 2.25. The van der Waals surface area contributed by atoms with Gasteiger partial charge in [0.1, 0.15) is 0 Å². The molecule has 0 amide bonds. The van der Waals surface area contributed by atoms with E-state index in [1.807, 2.05) is 27.7 Å². The molecule has 2 N–H and O–H groups in total. The number of hydrogen-bond donors (Lipinski definition) is 2. The minimum Gasteiger partial charge on any atom is -0.391 e. The normalized spacial score (nSPS) is 18.3. The second-order valence-electron chi connectivity index (χ2n) is 6.03. The van der Waals surface area contributed by atoms with E-state index in [9.17, 15) is 0 Å². The Morgan fingerprint density at radius 2 is 1.05 bits per heavy atom. The van der Waals surface area contributed by atoms with Crippen molar-refractivity contribution in [1.29, 1.82) is 0 Å². The maximum absolute atomic E-state index is 9.12. The molecule has 4 unspecified atom stereocenters. The van der Waals surface area contributed by atoms with Crippen molar-refractivity contribution in [2.24, 2.45) is 0 Å². The lowest BCUT2D eigenvalue weighted by Crippen LogP contribution is -2.38. The monoisotopic (exact) mass is 308 g/mol. The largest absolute Gasteiger partial charge is 0.391 e. The van der Waals surface area contributed by atoms with Gasteiger partial charge in [0.05, 0.1) is 50.8 Å². The van der Waals surface area contributed by atoms with Crippen molar-refractivity contribution in [3.8, 4) is 0 Å². The first-order chi connectivity index (χ1) is 9.62. The van der Waals surface area contributed by atoms with Crippen LogP contribution in [-0.4, -0.2) is 66.8 Å². The van der Waals surface area contributed by atoms with Crippen LogP contribution in [0.15, 0.2) is 0 Å². The molecule has 21 heavy (non-hydrogen) atoms. The predicted octanol–water partition coefficient (Wildman–Crippen LogP) is 1.33. The molecule has 0 heterocycles. The maximum Gasteiger partial charge on any atom is 0.163 e. The number of ether oxygens (including phenoxy) is 4. The van der Waals surface area contributed by atoms with Crippen LogP contribution in [0.25, 0.3) is 0 Å². The fourth-order valence-corrected chi connectivity index (χ4v) is 1.87. The zero-order chi connectivity index (χ0) is 16.5. The third-order valence-electron chi connectivity index (χ3n) is 2.39. The van der Waals surface area contributed by atoms with E-state index in [0.29, 0.717) is 26.4 Å². The van der Waals surface area contributed by atoms with Crippen molar-refractivity contribution >= 4 is 0 Å². The van der Waals surface area contributed by atoms with Gasteiger partial charge in [0.25, 0.3) is 0 Å². The summed E-state index contributed by atoms with van der Waals surface area (Å²) in [5, 5.41) is 18.2. The first-order valence-corrected chi connectivity index (χ1v) is 7.49. The lowest BCUT2D eigenvalue weighted by Gasteiger charge is -2.32. The lowest BCUT2D eigenvalue weighted by atomic mass is 10.3. The van der Waals surface area contributed by atoms with E-state index < -0.39 is 18.0 Å². The lowest BCUT2D eigenvalue weighted by molar-refractivity contribution is -0.264. The fourth-order valence-electron chi connectivity index (χ4n) is 1.87. The summed E-state index contributed by atoms with van der Waals surface area (Å²) in [7, 11) is 0. The highest BCUT2D eigenvalue weighted by Crippen LogP contribution is 2.17. The van der Waals surface area contributed by atoms with E-state index in [0.717, 1.165) is 0 Å². The molecule has 0 bridgehead atoms. The smallest absolute Gasteiger partial charge is 0.163 e. The van der Waals surface area contributed by atoms with Crippen LogP contribution >= 0.6 is 0 Å². The molecule has 0 aliphatic carbocycles. The number of aliphatic hydroxyl groups excluding tert-OH is 2. The molecule has 0 aromatic rings. The maximum atomic E-state index is 9.12. The van der Waals surface area contributed by atoms with Crippen LogP contribution < -0.4 is 0 Å². The topological polar surface area (TPSA) is 77.4 Å². The molecular formula is C15H32O6. The first kappa shape index (κ1) is 20.8. The van der Waals surface area contributed by atoms with E-state index >= 15 is 0 Å². The molecule has 0 saturated carbocycles. The van der Waals surface area contributed by atoms with E-state index in [2.05, 4.69) is 0 Å². The Labute approximate surface area is 128 Å². The standard InChI is InChI=1S/C15H32O6/c1-11(16)7-18-9-13(3)20-15(5,6)21-14(4)10-19-8-12(2)17/h11-14,16-17H,7-10H2,1-6H3. The molecule has 6 nitrogen and oxygen atoms in total. The molecule has 0 spiro atoms. The van der Waals surface area contributed by atoms with E-state index in [1.165, 1.54) is 0 Å². The van der Waals surface area contributed by atoms with Crippen LogP contribution in [0.1, 0.15) is 41.5 Å². The van der Waals surface area contributed by atoms with Crippen LogP contribution in [0.3, 0.4) is 0 Å². The van der Waals surface area contributed by atoms with Crippen molar-refractivity contribution in [3.63, 3.8) is 0 Å². The number of aliphatic hydroxyl groups is 2. The van der Waals surface area contributed by atoms with Gasteiger partial charge in [-0.3, -0.25) is 0 Å². The molecule has 0 rings (SSSR count). The zero-order valence-corrected chi connectivity index (χ0v) is 14.2. The molecule has 0 radical (unpaired) electrons. The third kappa shape index (κ3) is 13.2. The third-order valence-corrected chi connectivity index (χ3v) is 2.39. The van der Waals surface area contributed by atoms with Crippen molar-refractivity contribution in [3.05, 3.63) is 0 Å². The van der Waals surface area contributed by atoms with Gasteiger partial charge in [-0.15, -0.1) is 0 Å². The molecule has 0 aliphatic heterocycles. The van der Waals surface area contributed by atoms with Gasteiger partial charge in [-0.1, -0.05) is 0 Å². The van der Waals surface area contributed by atoms with Crippen LogP contribution in [-0.2, 0) is 18.9 Å². The van der Waals surface area contributed by atoms with Gasteiger partial charge in [0.2, 0.25) is 0 Å². The Balaban J connectivity index is 3.94. The number of hydrogen-bond acceptors (Lipinski definition) is 6. The fraction of sp³-hybridized carbons (Fsp3) is 1.00. The summed E-state index contributed by atoms with van der Waals surface area (Å²) < 4.78 is 22.2. The van der Waals surface area contributed by atoms with Crippen molar-refractivity contribution in [2.75, 3.05) is 26.4 Å². The summed E-state index contributed by atoms with van der Waals surface area (Å²) in [6.45, 7) is 12.2. The van der Waals surface area contributed by atoms with Gasteiger partial charge in [-0.25, -0.2) is 0 Å². The summed E-state index contributed by atoms with van der Waals surface area (Å²) in [6.07, 6.45) is -1.26. The Morgan fingerprint density at radius 3 is 1.33 bits per heavy atom. The summed E-state index contributed by atoms with van der Waals surface area (Å²) in [6, 6.07) is 0. The SMILES string of the molecule is CC(O)COCC(C)OC(C)(C)OC(C)COCC(C)O. The average Bonchev–Trinajstić information content (AvgIpc) is 2.25. The highest BCUT2D eigenvalue weighted by molar-refractivity contribution is 4.62. The molecule has 0 aromatic heterocycles. The highest BCUT2D eigenvalue weighted by atomic mass is 16.7. The Hall–Kier alpha value is -0.240. The van der Waals surface area contributed by atoms with Crippen LogP contribution in [0.2, 0.25) is 0 Å². The summed E-state index contributed by atoms with van der Waals surface area (Å²) in [5.41, 5.74) is 0. The zero-order valence-electron chi connectivity index (χ0n) is 14.2. The van der Waals surface area contributed by atoms with E-state index in [4.69, 9.17) is 29.2 Å². The average molecular weight is 308 g/mol. The summed E-state index contributed by atoms with van der Waals surface area (Å²) >= 11 is 0. The predicted molar refractivity (Wildman–Crippen MR) is 80.2 cm³/mol. The molecule has 4 atom stereocenters. The van der Waals surface area contributed by atoms with Crippen molar-refractivity contribution < 1.29 is 29.2 Å². The molecule has 6 heteroatoms. The van der Waals surface area contributed by atoms with Crippen molar-refractivity contribution in [2.45, 2.75) is 71.7 Å². The van der Waals surface area contributed by atoms with Gasteiger partial charge in [-0.2, -0.15) is 0 Å². The molecule has 0 saturated heterocycles. The van der Waals surface area contributed by atoms with E-state index in [1.54, 1.807) is 13.8 Å². The Morgan fingerprint density at radius 1 is 0.714 bits per heavy atom. The summed E-state index contributed by atoms with van der Waals surface area (Å²) in [5.74, 6) is -0.763. The second kappa shape index (κ2) is 10.5. The molecule has 0 aliphatic rings. The Kier molecular flexibility index (Phi) is 10.4. The van der Waals surface area contributed by atoms with Crippen molar-refractivity contribution in [1.82, 2.24) is 0 Å². The minimum atomic E-state index is -0.763. The van der Waals surface area contributed by atoms with E-state index in [-0.39, 0.29) is 12.2 Å². The van der Waals surface area contributed by atoms with Gasteiger partial charge < -0.3 is 29.2 Å². The van der Waals surface area contributed by atoms with Gasteiger partial charge in [-0.05, 0) is 41.5 Å². The quantitative estimate of drug-likeness (QED) is 0.530.